The molecular weight excluding hydrogens is 254 g/mol. The maximum atomic E-state index is 11.8. The first kappa shape index (κ1) is 17.0. The first-order valence-corrected chi connectivity index (χ1v) is 8.43. The van der Waals surface area contributed by atoms with Crippen molar-refractivity contribution in [2.24, 2.45) is 17.6 Å². The van der Waals surface area contributed by atoms with Gasteiger partial charge in [0.05, 0.1) is 6.04 Å². The summed E-state index contributed by atoms with van der Waals surface area (Å²) in [6.45, 7) is 7.42. The minimum absolute atomic E-state index is 0.0170. The van der Waals surface area contributed by atoms with Gasteiger partial charge in [-0.05, 0) is 13.3 Å². The van der Waals surface area contributed by atoms with Crippen LogP contribution in [0.2, 0.25) is 0 Å². The molecule has 0 aromatic carbocycles. The van der Waals surface area contributed by atoms with Crippen molar-refractivity contribution in [1.82, 2.24) is 0 Å². The molecule has 0 aromatic rings. The Morgan fingerprint density at radius 3 is 2.12 bits per heavy atom. The van der Waals surface area contributed by atoms with Gasteiger partial charge in [0, 0.05) is 23.3 Å². The molecule has 0 bridgehead atoms. The van der Waals surface area contributed by atoms with Crippen molar-refractivity contribution >= 4 is 33.2 Å². The molecular formula is C12H23NO2S2. The van der Waals surface area contributed by atoms with E-state index in [2.05, 4.69) is 0 Å². The van der Waals surface area contributed by atoms with Crippen molar-refractivity contribution in [2.75, 3.05) is 11.5 Å². The highest BCUT2D eigenvalue weighted by Crippen LogP contribution is 2.27. The molecule has 0 aromatic heterocycles. The number of hydrogen-bond acceptors (Lipinski definition) is 5. The predicted octanol–water partition coefficient (Wildman–Crippen LogP) is 2.54. The fourth-order valence-corrected chi connectivity index (χ4v) is 3.89. The van der Waals surface area contributed by atoms with Crippen LogP contribution in [0.4, 0.5) is 0 Å². The summed E-state index contributed by atoms with van der Waals surface area (Å²) in [7, 11) is 3.22. The monoisotopic (exact) mass is 277 g/mol. The second kappa shape index (κ2) is 9.00. The van der Waals surface area contributed by atoms with E-state index in [9.17, 15) is 9.59 Å². The van der Waals surface area contributed by atoms with Crippen LogP contribution in [0, 0.1) is 11.8 Å². The number of carbonyl (C=O) groups excluding carboxylic acids is 2. The van der Waals surface area contributed by atoms with E-state index in [1.165, 1.54) is 6.92 Å². The third-order valence-corrected chi connectivity index (χ3v) is 5.10. The smallest absolute Gasteiger partial charge is 0.147 e. The minimum Gasteiger partial charge on any atom is -0.321 e. The molecule has 2 unspecified atom stereocenters. The van der Waals surface area contributed by atoms with Gasteiger partial charge < -0.3 is 5.73 Å². The lowest BCUT2D eigenvalue weighted by atomic mass is 9.95. The van der Waals surface area contributed by atoms with E-state index in [1.807, 2.05) is 20.8 Å². The summed E-state index contributed by atoms with van der Waals surface area (Å²) < 4.78 is 0. The fraction of sp³-hybridized carbons (Fsp3) is 0.833. The van der Waals surface area contributed by atoms with Gasteiger partial charge in [0.1, 0.15) is 11.6 Å². The number of nitrogens with two attached hydrogens (primary N) is 1. The predicted molar refractivity (Wildman–Crippen MR) is 77.2 cm³/mol. The molecule has 0 rings (SSSR count). The van der Waals surface area contributed by atoms with Crippen molar-refractivity contribution in [1.29, 1.82) is 0 Å². The molecule has 5 heteroatoms. The van der Waals surface area contributed by atoms with Crippen LogP contribution in [-0.2, 0) is 9.59 Å². The summed E-state index contributed by atoms with van der Waals surface area (Å²) in [4.78, 5) is 22.7. The molecule has 0 heterocycles. The van der Waals surface area contributed by atoms with Gasteiger partial charge in [-0.2, -0.15) is 0 Å². The third kappa shape index (κ3) is 7.11. The first-order chi connectivity index (χ1) is 7.90. The Morgan fingerprint density at radius 2 is 1.71 bits per heavy atom. The van der Waals surface area contributed by atoms with Crippen LogP contribution in [0.5, 0.6) is 0 Å². The topological polar surface area (TPSA) is 60.2 Å². The van der Waals surface area contributed by atoms with Crippen LogP contribution >= 0.6 is 21.6 Å². The normalized spacial score (nSPS) is 14.7. The van der Waals surface area contributed by atoms with Gasteiger partial charge in [0.15, 0.2) is 0 Å². The van der Waals surface area contributed by atoms with E-state index < -0.39 is 0 Å². The Balaban J connectivity index is 3.85. The zero-order valence-electron chi connectivity index (χ0n) is 11.1. The average molecular weight is 277 g/mol. The van der Waals surface area contributed by atoms with Gasteiger partial charge in [-0.25, -0.2) is 0 Å². The van der Waals surface area contributed by atoms with Crippen LogP contribution in [0.25, 0.3) is 0 Å². The molecule has 2 N–H and O–H groups in total. The Hall–Kier alpha value is -0.000000000000000111. The Kier molecular flexibility index (Phi) is 9.00. The number of rotatable bonds is 9. The summed E-state index contributed by atoms with van der Waals surface area (Å²) in [5, 5.41) is 0. The molecule has 0 aliphatic rings. The van der Waals surface area contributed by atoms with Crippen LogP contribution < -0.4 is 5.73 Å². The van der Waals surface area contributed by atoms with E-state index >= 15 is 0 Å². The summed E-state index contributed by atoms with van der Waals surface area (Å²) in [6, 6.07) is -0.381. The summed E-state index contributed by atoms with van der Waals surface area (Å²) in [6.07, 6.45) is 0.878. The molecule has 0 saturated heterocycles. The van der Waals surface area contributed by atoms with Crippen molar-refractivity contribution < 1.29 is 9.59 Å². The number of Topliss-reactive ketones (excluding diaryl/α,β-unsaturated/α-hetero) is 2. The zero-order chi connectivity index (χ0) is 13.4. The third-order valence-electron chi connectivity index (χ3n) is 2.59. The van der Waals surface area contributed by atoms with Gasteiger partial charge in [-0.15, -0.1) is 0 Å². The van der Waals surface area contributed by atoms with Gasteiger partial charge in [-0.3, -0.25) is 9.59 Å². The van der Waals surface area contributed by atoms with Crippen LogP contribution in [-0.4, -0.2) is 29.1 Å². The molecule has 0 fully saturated rings. The lowest BCUT2D eigenvalue weighted by Crippen LogP contribution is -2.30. The maximum Gasteiger partial charge on any atom is 0.147 e. The highest BCUT2D eigenvalue weighted by Gasteiger charge is 2.19. The van der Waals surface area contributed by atoms with Gasteiger partial charge >= 0.3 is 0 Å². The van der Waals surface area contributed by atoms with Crippen molar-refractivity contribution in [2.45, 2.75) is 40.2 Å². The minimum atomic E-state index is -0.381. The van der Waals surface area contributed by atoms with Crippen LogP contribution in [0.3, 0.4) is 0 Å². The fourth-order valence-electron chi connectivity index (χ4n) is 1.24. The summed E-state index contributed by atoms with van der Waals surface area (Å²) in [5.74, 6) is 2.00. The highest BCUT2D eigenvalue weighted by molar-refractivity contribution is 8.76. The highest BCUT2D eigenvalue weighted by atomic mass is 33.1. The molecule has 17 heavy (non-hydrogen) atoms. The SMILES string of the molecule is CCC(CSSCC(N)C(C)=O)C(=O)C(C)C. The molecule has 0 radical (unpaired) electrons. The van der Waals surface area contributed by atoms with E-state index in [-0.39, 0.29) is 23.7 Å². The average Bonchev–Trinajstić information content (AvgIpc) is 2.27. The van der Waals surface area contributed by atoms with E-state index in [0.29, 0.717) is 11.5 Å². The zero-order valence-corrected chi connectivity index (χ0v) is 12.7. The van der Waals surface area contributed by atoms with Gasteiger partial charge in [-0.1, -0.05) is 42.4 Å². The maximum absolute atomic E-state index is 11.8. The Labute approximate surface area is 112 Å². The van der Waals surface area contributed by atoms with E-state index in [1.54, 1.807) is 21.6 Å². The molecule has 100 valence electrons. The molecule has 2 atom stereocenters. The van der Waals surface area contributed by atoms with Crippen molar-refractivity contribution in [3.05, 3.63) is 0 Å². The molecule has 3 nitrogen and oxygen atoms in total. The van der Waals surface area contributed by atoms with Gasteiger partial charge in [0.25, 0.3) is 0 Å². The van der Waals surface area contributed by atoms with E-state index in [0.717, 1.165) is 12.2 Å². The largest absolute Gasteiger partial charge is 0.321 e. The second-order valence-electron chi connectivity index (χ2n) is 4.45. The Morgan fingerprint density at radius 1 is 1.18 bits per heavy atom. The molecule has 0 spiro atoms. The second-order valence-corrected chi connectivity index (χ2v) is 7.00. The van der Waals surface area contributed by atoms with Crippen LogP contribution in [0.15, 0.2) is 0 Å². The standard InChI is InChI=1S/C12H23NO2S2/c1-5-10(12(15)8(2)3)6-16-17-7-11(13)9(4)14/h8,10-11H,5-7,13H2,1-4H3. The quantitative estimate of drug-likeness (QED) is 0.518. The van der Waals surface area contributed by atoms with Crippen LogP contribution in [0.1, 0.15) is 34.1 Å². The first-order valence-electron chi connectivity index (χ1n) is 5.94. The molecule has 0 aliphatic carbocycles. The molecule has 0 amide bonds. The summed E-state index contributed by atoms with van der Waals surface area (Å²) in [5.41, 5.74) is 5.62. The number of hydrogen-bond donors (Lipinski definition) is 1. The Bertz CT molecular complexity index is 257. The summed E-state index contributed by atoms with van der Waals surface area (Å²) >= 11 is 0. The lowest BCUT2D eigenvalue weighted by Gasteiger charge is -2.15. The molecule has 0 saturated carbocycles. The molecule has 0 aliphatic heterocycles. The van der Waals surface area contributed by atoms with Crippen molar-refractivity contribution in [3.8, 4) is 0 Å². The van der Waals surface area contributed by atoms with Gasteiger partial charge in [0.2, 0.25) is 0 Å². The number of ketones is 2. The number of carbonyl (C=O) groups is 2. The van der Waals surface area contributed by atoms with E-state index in [4.69, 9.17) is 5.73 Å². The van der Waals surface area contributed by atoms with Crippen molar-refractivity contribution in [3.63, 3.8) is 0 Å². The lowest BCUT2D eigenvalue weighted by molar-refractivity contribution is -0.125.